The lowest BCUT2D eigenvalue weighted by molar-refractivity contribution is 0.196. The number of hydrogen-bond donors (Lipinski definition) is 1. The Hall–Kier alpha value is -0.860. The van der Waals surface area contributed by atoms with E-state index in [0.717, 1.165) is 5.92 Å². The molecule has 0 radical (unpaired) electrons. The molecule has 0 aromatic heterocycles. The summed E-state index contributed by atoms with van der Waals surface area (Å²) in [6.07, 6.45) is 6.81. The van der Waals surface area contributed by atoms with Crippen LogP contribution in [0.1, 0.15) is 31.2 Å². The van der Waals surface area contributed by atoms with Crippen molar-refractivity contribution in [1.29, 1.82) is 0 Å². The highest BCUT2D eigenvalue weighted by molar-refractivity contribution is 5.16. The van der Waals surface area contributed by atoms with Gasteiger partial charge in [0.2, 0.25) is 0 Å². The van der Waals surface area contributed by atoms with Crippen LogP contribution in [0.15, 0.2) is 30.3 Å². The highest BCUT2D eigenvalue weighted by Gasteiger charge is 2.28. The monoisotopic (exact) mass is 258 g/mol. The summed E-state index contributed by atoms with van der Waals surface area (Å²) in [6, 6.07) is 11.7. The van der Waals surface area contributed by atoms with Gasteiger partial charge in [-0.15, -0.1) is 0 Å². The molecule has 1 N–H and O–H groups in total. The molecule has 0 saturated carbocycles. The van der Waals surface area contributed by atoms with Crippen molar-refractivity contribution in [2.75, 3.05) is 26.2 Å². The van der Waals surface area contributed by atoms with Crippen LogP contribution >= 0.6 is 0 Å². The predicted molar refractivity (Wildman–Crippen MR) is 80.3 cm³/mol. The Labute approximate surface area is 117 Å². The predicted octanol–water partition coefficient (Wildman–Crippen LogP) is 2.69. The van der Waals surface area contributed by atoms with E-state index in [1.807, 2.05) is 0 Å². The van der Waals surface area contributed by atoms with E-state index >= 15 is 0 Å². The number of nitrogens with one attached hydrogen (secondary N) is 1. The molecule has 3 rings (SSSR count). The van der Waals surface area contributed by atoms with Crippen molar-refractivity contribution in [3.8, 4) is 0 Å². The molecule has 2 heterocycles. The van der Waals surface area contributed by atoms with Gasteiger partial charge in [0.05, 0.1) is 0 Å². The molecule has 0 amide bonds. The van der Waals surface area contributed by atoms with Crippen molar-refractivity contribution < 1.29 is 0 Å². The molecule has 2 fully saturated rings. The molecular formula is C17H26N2. The lowest BCUT2D eigenvalue weighted by Crippen LogP contribution is -2.43. The minimum Gasteiger partial charge on any atom is -0.312 e. The first-order chi connectivity index (χ1) is 9.42. The van der Waals surface area contributed by atoms with Gasteiger partial charge in [-0.1, -0.05) is 36.8 Å². The molecule has 1 aromatic carbocycles. The van der Waals surface area contributed by atoms with Gasteiger partial charge < -0.3 is 10.2 Å². The van der Waals surface area contributed by atoms with E-state index < -0.39 is 0 Å². The summed E-state index contributed by atoms with van der Waals surface area (Å²) in [7, 11) is 0. The lowest BCUT2D eigenvalue weighted by atomic mass is 9.92. The third kappa shape index (κ3) is 3.58. The first kappa shape index (κ1) is 13.1. The number of piperidine rings is 1. The largest absolute Gasteiger partial charge is 0.312 e. The van der Waals surface area contributed by atoms with Gasteiger partial charge in [0.25, 0.3) is 0 Å². The van der Waals surface area contributed by atoms with Crippen LogP contribution in [0.25, 0.3) is 0 Å². The number of rotatable bonds is 4. The zero-order valence-electron chi connectivity index (χ0n) is 11.9. The molecule has 0 unspecified atom stereocenters. The van der Waals surface area contributed by atoms with E-state index in [1.165, 1.54) is 63.8 Å². The molecule has 0 bridgehead atoms. The fourth-order valence-corrected chi connectivity index (χ4v) is 3.62. The molecule has 2 aliphatic heterocycles. The van der Waals surface area contributed by atoms with Crippen LogP contribution in [0.3, 0.4) is 0 Å². The van der Waals surface area contributed by atoms with Crippen LogP contribution in [0, 0.1) is 5.92 Å². The van der Waals surface area contributed by atoms with Gasteiger partial charge in [-0.25, -0.2) is 0 Å². The average molecular weight is 258 g/mol. The average Bonchev–Trinajstić information content (AvgIpc) is 2.88. The van der Waals surface area contributed by atoms with Gasteiger partial charge in [-0.2, -0.15) is 0 Å². The standard InChI is InChI=1S/C17H26N2/c1-3-7-15(8-4-1)13-16-9-10-18-17(16)14-19-11-5-2-6-12-19/h1,3-4,7-8,16-18H,2,5-6,9-14H2/t16-,17-/m1/s1. The van der Waals surface area contributed by atoms with Gasteiger partial charge in [0.15, 0.2) is 0 Å². The molecule has 2 nitrogen and oxygen atoms in total. The molecule has 104 valence electrons. The molecule has 0 spiro atoms. The van der Waals surface area contributed by atoms with Gasteiger partial charge in [-0.3, -0.25) is 0 Å². The maximum absolute atomic E-state index is 3.73. The Morgan fingerprint density at radius 1 is 1.05 bits per heavy atom. The Balaban J connectivity index is 1.55. The van der Waals surface area contributed by atoms with Crippen LogP contribution in [0.4, 0.5) is 0 Å². The maximum atomic E-state index is 3.73. The van der Waals surface area contributed by atoms with Crippen LogP contribution in [0.5, 0.6) is 0 Å². The molecule has 2 atom stereocenters. The Morgan fingerprint density at radius 2 is 1.84 bits per heavy atom. The summed E-state index contributed by atoms with van der Waals surface area (Å²) < 4.78 is 0. The number of likely N-dealkylation sites (tertiary alicyclic amines) is 1. The summed E-state index contributed by atoms with van der Waals surface area (Å²) in [5.41, 5.74) is 1.50. The van der Waals surface area contributed by atoms with Crippen LogP contribution in [-0.2, 0) is 6.42 Å². The van der Waals surface area contributed by atoms with Crippen molar-refractivity contribution in [2.45, 2.75) is 38.1 Å². The maximum Gasteiger partial charge on any atom is 0.0226 e. The third-order valence-electron chi connectivity index (χ3n) is 4.73. The molecule has 1 aromatic rings. The molecule has 2 heteroatoms. The van der Waals surface area contributed by atoms with Crippen LogP contribution in [0.2, 0.25) is 0 Å². The normalized spacial score (nSPS) is 28.6. The zero-order chi connectivity index (χ0) is 12.9. The lowest BCUT2D eigenvalue weighted by Gasteiger charge is -2.31. The molecule has 19 heavy (non-hydrogen) atoms. The van der Waals surface area contributed by atoms with Crippen molar-refractivity contribution in [3.05, 3.63) is 35.9 Å². The number of benzene rings is 1. The number of hydrogen-bond acceptors (Lipinski definition) is 2. The Kier molecular flexibility index (Phi) is 4.52. The highest BCUT2D eigenvalue weighted by atomic mass is 15.2. The van der Waals surface area contributed by atoms with E-state index in [4.69, 9.17) is 0 Å². The molecule has 2 aliphatic rings. The SMILES string of the molecule is c1ccc(C[C@H]2CCN[C@@H]2CN2CCCCC2)cc1. The first-order valence-electron chi connectivity index (χ1n) is 7.91. The smallest absolute Gasteiger partial charge is 0.0226 e. The Morgan fingerprint density at radius 3 is 2.63 bits per heavy atom. The van der Waals surface area contributed by atoms with E-state index in [-0.39, 0.29) is 0 Å². The summed E-state index contributed by atoms with van der Waals surface area (Å²) in [6.45, 7) is 5.10. The second-order valence-corrected chi connectivity index (χ2v) is 6.16. The summed E-state index contributed by atoms with van der Waals surface area (Å²) in [5.74, 6) is 0.823. The van der Waals surface area contributed by atoms with Crippen molar-refractivity contribution in [3.63, 3.8) is 0 Å². The minimum absolute atomic E-state index is 0.707. The van der Waals surface area contributed by atoms with Crippen molar-refractivity contribution in [2.24, 2.45) is 5.92 Å². The summed E-state index contributed by atoms with van der Waals surface area (Å²) >= 11 is 0. The van der Waals surface area contributed by atoms with E-state index in [2.05, 4.69) is 40.5 Å². The van der Waals surface area contributed by atoms with E-state index in [0.29, 0.717) is 6.04 Å². The van der Waals surface area contributed by atoms with Gasteiger partial charge in [0, 0.05) is 12.6 Å². The van der Waals surface area contributed by atoms with Gasteiger partial charge >= 0.3 is 0 Å². The summed E-state index contributed by atoms with van der Waals surface area (Å²) in [4.78, 5) is 2.67. The first-order valence-corrected chi connectivity index (χ1v) is 7.91. The minimum atomic E-state index is 0.707. The fraction of sp³-hybridized carbons (Fsp3) is 0.647. The Bertz CT molecular complexity index is 370. The van der Waals surface area contributed by atoms with Crippen LogP contribution in [-0.4, -0.2) is 37.1 Å². The quantitative estimate of drug-likeness (QED) is 0.893. The topological polar surface area (TPSA) is 15.3 Å². The fourth-order valence-electron chi connectivity index (χ4n) is 3.62. The molecule has 0 aliphatic carbocycles. The zero-order valence-corrected chi connectivity index (χ0v) is 11.9. The second-order valence-electron chi connectivity index (χ2n) is 6.16. The molecule has 2 saturated heterocycles. The number of nitrogens with zero attached hydrogens (tertiary/aromatic N) is 1. The third-order valence-corrected chi connectivity index (χ3v) is 4.73. The second kappa shape index (κ2) is 6.53. The molecular weight excluding hydrogens is 232 g/mol. The highest BCUT2D eigenvalue weighted by Crippen LogP contribution is 2.22. The van der Waals surface area contributed by atoms with E-state index in [9.17, 15) is 0 Å². The van der Waals surface area contributed by atoms with Gasteiger partial charge in [0.1, 0.15) is 0 Å². The van der Waals surface area contributed by atoms with E-state index in [1.54, 1.807) is 0 Å². The van der Waals surface area contributed by atoms with Crippen molar-refractivity contribution >= 4 is 0 Å². The summed E-state index contributed by atoms with van der Waals surface area (Å²) in [5, 5.41) is 3.73. The van der Waals surface area contributed by atoms with Crippen molar-refractivity contribution in [1.82, 2.24) is 10.2 Å². The van der Waals surface area contributed by atoms with Crippen LogP contribution < -0.4 is 5.32 Å². The van der Waals surface area contributed by atoms with Gasteiger partial charge in [-0.05, 0) is 56.8 Å².